The lowest BCUT2D eigenvalue weighted by molar-refractivity contribution is -0.132. The van der Waals surface area contributed by atoms with Crippen molar-refractivity contribution in [2.24, 2.45) is 0 Å². The van der Waals surface area contributed by atoms with Crippen molar-refractivity contribution in [3.63, 3.8) is 0 Å². The van der Waals surface area contributed by atoms with Crippen LogP contribution in [0, 0.1) is 0 Å². The first kappa shape index (κ1) is 18.4. The molecule has 4 nitrogen and oxygen atoms in total. The molecule has 0 atom stereocenters. The number of benzene rings is 2. The number of rotatable bonds is 6. The molecule has 0 saturated carbocycles. The van der Waals surface area contributed by atoms with Crippen molar-refractivity contribution < 1.29 is 14.3 Å². The molecule has 0 unspecified atom stereocenters. The second kappa shape index (κ2) is 8.30. The second-order valence-corrected chi connectivity index (χ2v) is 6.71. The Kier molecular flexibility index (Phi) is 5.86. The van der Waals surface area contributed by atoms with Gasteiger partial charge < -0.3 is 14.4 Å². The van der Waals surface area contributed by atoms with Crippen molar-refractivity contribution >= 4 is 29.1 Å². The molecule has 3 rings (SSSR count). The van der Waals surface area contributed by atoms with Crippen molar-refractivity contribution in [2.45, 2.75) is 19.5 Å². The number of aromatic hydroxyl groups is 1. The van der Waals surface area contributed by atoms with E-state index in [1.54, 1.807) is 59.7 Å². The number of hydrogen-bond donors (Lipinski definition) is 1. The van der Waals surface area contributed by atoms with Gasteiger partial charge in [0.1, 0.15) is 11.5 Å². The van der Waals surface area contributed by atoms with Gasteiger partial charge in [-0.05, 0) is 35.9 Å². The largest absolute Gasteiger partial charge is 0.508 e. The molecule has 1 N–H and O–H groups in total. The van der Waals surface area contributed by atoms with E-state index < -0.39 is 0 Å². The van der Waals surface area contributed by atoms with Gasteiger partial charge in [0.25, 0.3) is 0 Å². The van der Waals surface area contributed by atoms with Crippen molar-refractivity contribution in [2.75, 3.05) is 0 Å². The fraction of sp³-hybridized carbons (Fsp3) is 0.150. The van der Waals surface area contributed by atoms with E-state index >= 15 is 0 Å². The smallest absolute Gasteiger partial charge is 0.227 e. The average Bonchev–Trinajstić information content (AvgIpc) is 3.12. The minimum atomic E-state index is -0.131. The molecule has 6 heteroatoms. The lowest BCUT2D eigenvalue weighted by Crippen LogP contribution is -2.31. The molecule has 0 saturated heterocycles. The average molecular weight is 390 g/mol. The zero-order chi connectivity index (χ0) is 18.5. The van der Waals surface area contributed by atoms with Crippen molar-refractivity contribution in [1.82, 2.24) is 4.90 Å². The Balaban J connectivity index is 1.81. The number of carbonyl (C=O) groups excluding carboxylic acids is 1. The van der Waals surface area contributed by atoms with E-state index in [4.69, 9.17) is 27.6 Å². The summed E-state index contributed by atoms with van der Waals surface area (Å²) in [5, 5.41) is 11.0. The van der Waals surface area contributed by atoms with E-state index in [-0.39, 0.29) is 24.6 Å². The van der Waals surface area contributed by atoms with E-state index in [9.17, 15) is 9.90 Å². The number of furan rings is 1. The molecule has 0 radical (unpaired) electrons. The van der Waals surface area contributed by atoms with Crippen LogP contribution in [0.4, 0.5) is 0 Å². The molecule has 0 spiro atoms. The van der Waals surface area contributed by atoms with Gasteiger partial charge in [-0.1, -0.05) is 47.5 Å². The quantitative estimate of drug-likeness (QED) is 0.640. The van der Waals surface area contributed by atoms with Gasteiger partial charge in [-0.25, -0.2) is 0 Å². The van der Waals surface area contributed by atoms with Crippen LogP contribution in [0.1, 0.15) is 16.9 Å². The van der Waals surface area contributed by atoms with E-state index in [2.05, 4.69) is 0 Å². The lowest BCUT2D eigenvalue weighted by atomic mass is 10.1. The lowest BCUT2D eigenvalue weighted by Gasteiger charge is -2.22. The van der Waals surface area contributed by atoms with E-state index in [1.807, 2.05) is 6.07 Å². The minimum absolute atomic E-state index is 0.129. The molecule has 3 aromatic rings. The Bertz CT molecular complexity index is 894. The van der Waals surface area contributed by atoms with Crippen LogP contribution in [0.15, 0.2) is 65.3 Å². The van der Waals surface area contributed by atoms with Crippen LogP contribution in [0.2, 0.25) is 10.0 Å². The molecule has 0 bridgehead atoms. The molecule has 2 aromatic carbocycles. The molecular formula is C20H17Cl2NO3. The molecule has 0 aliphatic rings. The molecule has 134 valence electrons. The molecule has 0 aliphatic heterocycles. The van der Waals surface area contributed by atoms with Gasteiger partial charge in [-0.3, -0.25) is 4.79 Å². The molecular weight excluding hydrogens is 373 g/mol. The topological polar surface area (TPSA) is 53.7 Å². The zero-order valence-electron chi connectivity index (χ0n) is 13.9. The van der Waals surface area contributed by atoms with Crippen LogP contribution < -0.4 is 0 Å². The van der Waals surface area contributed by atoms with Crippen molar-refractivity contribution in [3.05, 3.63) is 87.8 Å². The van der Waals surface area contributed by atoms with Crippen LogP contribution in [-0.4, -0.2) is 15.9 Å². The summed E-state index contributed by atoms with van der Waals surface area (Å²) < 4.78 is 5.37. The number of para-hydroxylation sites is 1. The summed E-state index contributed by atoms with van der Waals surface area (Å²) in [5.74, 6) is 0.680. The maximum absolute atomic E-state index is 12.9. The number of phenols is 1. The molecule has 0 fully saturated rings. The third-order valence-corrected chi connectivity index (χ3v) is 4.58. The molecule has 1 aromatic heterocycles. The molecule has 0 aliphatic carbocycles. The van der Waals surface area contributed by atoms with Crippen LogP contribution in [-0.2, 0) is 24.3 Å². The van der Waals surface area contributed by atoms with E-state index in [0.717, 1.165) is 0 Å². The van der Waals surface area contributed by atoms with Crippen LogP contribution in [0.3, 0.4) is 0 Å². The number of amides is 1. The highest BCUT2D eigenvalue weighted by molar-refractivity contribution is 6.35. The Morgan fingerprint density at radius 1 is 1.00 bits per heavy atom. The number of nitrogens with zero attached hydrogens (tertiary/aromatic N) is 1. The SMILES string of the molecule is O=C(Cc1ccc(Cl)cc1Cl)N(Cc1ccco1)Cc1ccccc1O. The third-order valence-electron chi connectivity index (χ3n) is 3.99. The molecule has 1 heterocycles. The van der Waals surface area contributed by atoms with Crippen LogP contribution >= 0.6 is 23.2 Å². The van der Waals surface area contributed by atoms with Crippen LogP contribution in [0.25, 0.3) is 0 Å². The minimum Gasteiger partial charge on any atom is -0.508 e. The Hall–Kier alpha value is -2.43. The normalized spacial score (nSPS) is 10.7. The number of phenolic OH excluding ortho intramolecular Hbond substituents is 1. The molecule has 1 amide bonds. The summed E-state index contributed by atoms with van der Waals surface area (Å²) in [6.45, 7) is 0.558. The summed E-state index contributed by atoms with van der Waals surface area (Å²) in [5.41, 5.74) is 1.36. The van der Waals surface area contributed by atoms with Gasteiger partial charge in [0.15, 0.2) is 0 Å². The Morgan fingerprint density at radius 3 is 2.50 bits per heavy atom. The summed E-state index contributed by atoms with van der Waals surface area (Å²) >= 11 is 12.1. The number of carbonyl (C=O) groups is 1. The fourth-order valence-electron chi connectivity index (χ4n) is 2.61. The highest BCUT2D eigenvalue weighted by atomic mass is 35.5. The standard InChI is InChI=1S/C20H17Cl2NO3/c21-16-8-7-14(18(22)11-16)10-20(25)23(13-17-5-3-9-26-17)12-15-4-1-2-6-19(15)24/h1-9,11,24H,10,12-13H2. The predicted octanol–water partition coefficient (Wildman–Crippen LogP) is 5.06. The van der Waals surface area contributed by atoms with Gasteiger partial charge in [0.2, 0.25) is 5.91 Å². The maximum atomic E-state index is 12.9. The zero-order valence-corrected chi connectivity index (χ0v) is 15.4. The van der Waals surface area contributed by atoms with Crippen molar-refractivity contribution in [1.29, 1.82) is 0 Å². The maximum Gasteiger partial charge on any atom is 0.227 e. The Morgan fingerprint density at radius 2 is 1.81 bits per heavy atom. The predicted molar refractivity (Wildman–Crippen MR) is 101 cm³/mol. The monoisotopic (exact) mass is 389 g/mol. The highest BCUT2D eigenvalue weighted by Crippen LogP contribution is 2.24. The fourth-order valence-corrected chi connectivity index (χ4v) is 3.09. The highest BCUT2D eigenvalue weighted by Gasteiger charge is 2.19. The second-order valence-electron chi connectivity index (χ2n) is 5.87. The Labute approximate surface area is 161 Å². The first-order chi connectivity index (χ1) is 12.5. The van der Waals surface area contributed by atoms with E-state index in [1.165, 1.54) is 0 Å². The first-order valence-corrected chi connectivity index (χ1v) is 8.79. The summed E-state index contributed by atoms with van der Waals surface area (Å²) in [7, 11) is 0. The summed E-state index contributed by atoms with van der Waals surface area (Å²) in [4.78, 5) is 14.5. The van der Waals surface area contributed by atoms with Gasteiger partial charge in [-0.15, -0.1) is 0 Å². The summed E-state index contributed by atoms with van der Waals surface area (Å²) in [6.07, 6.45) is 1.69. The van der Waals surface area contributed by atoms with Gasteiger partial charge in [-0.2, -0.15) is 0 Å². The van der Waals surface area contributed by atoms with Crippen molar-refractivity contribution in [3.8, 4) is 5.75 Å². The third kappa shape index (κ3) is 4.59. The van der Waals surface area contributed by atoms with Crippen LogP contribution in [0.5, 0.6) is 5.75 Å². The summed E-state index contributed by atoms with van der Waals surface area (Å²) in [6, 6.07) is 15.6. The number of halogens is 2. The number of hydrogen-bond acceptors (Lipinski definition) is 3. The van der Waals surface area contributed by atoms with Gasteiger partial charge >= 0.3 is 0 Å². The first-order valence-electron chi connectivity index (χ1n) is 8.04. The van der Waals surface area contributed by atoms with Gasteiger partial charge in [0.05, 0.1) is 19.2 Å². The molecule has 26 heavy (non-hydrogen) atoms. The van der Waals surface area contributed by atoms with Gasteiger partial charge in [0, 0.05) is 22.2 Å². The van der Waals surface area contributed by atoms with E-state index in [0.29, 0.717) is 33.5 Å².